The lowest BCUT2D eigenvalue weighted by molar-refractivity contribution is -0.115. The summed E-state index contributed by atoms with van der Waals surface area (Å²) in [6.45, 7) is 8.54. The molecule has 0 bridgehead atoms. The molecule has 2 heterocycles. The number of hydrogen-bond acceptors (Lipinski definition) is 5. The molecule has 1 fully saturated rings. The van der Waals surface area contributed by atoms with Crippen molar-refractivity contribution >= 4 is 39.8 Å². The molecule has 1 amide bonds. The van der Waals surface area contributed by atoms with E-state index in [1.807, 2.05) is 58.0 Å². The highest BCUT2D eigenvalue weighted by Crippen LogP contribution is 2.30. The molecule has 5 nitrogen and oxygen atoms in total. The summed E-state index contributed by atoms with van der Waals surface area (Å²) in [6.07, 6.45) is 3.61. The molecule has 25 heavy (non-hydrogen) atoms. The van der Waals surface area contributed by atoms with Crippen molar-refractivity contribution in [2.24, 2.45) is 4.99 Å². The highest BCUT2D eigenvalue weighted by molar-refractivity contribution is 8.18. The molecule has 1 aliphatic heterocycles. The maximum atomic E-state index is 12.2. The van der Waals surface area contributed by atoms with Gasteiger partial charge < -0.3 is 10.1 Å². The van der Waals surface area contributed by atoms with Gasteiger partial charge >= 0.3 is 0 Å². The maximum absolute atomic E-state index is 12.2. The van der Waals surface area contributed by atoms with E-state index in [0.29, 0.717) is 16.7 Å². The van der Waals surface area contributed by atoms with Crippen LogP contribution in [0.2, 0.25) is 0 Å². The standard InChI is InChI=1S/C19H21N3O2S/c1-5-24-15-8-9-20-14-7-6-12(10-13(14)15)11-16-17(23)21-18(25-16)22-19(2,3)4/h6-11H,5H2,1-4H3,(H,21,22,23)/b16-11-. The lowest BCUT2D eigenvalue weighted by Crippen LogP contribution is -2.23. The summed E-state index contributed by atoms with van der Waals surface area (Å²) in [5.74, 6) is 0.676. The second-order valence-corrected chi connectivity index (χ2v) is 7.70. The van der Waals surface area contributed by atoms with E-state index in [-0.39, 0.29) is 11.4 Å². The van der Waals surface area contributed by atoms with Gasteiger partial charge in [0.05, 0.1) is 22.6 Å². The van der Waals surface area contributed by atoms with Gasteiger partial charge in [-0.25, -0.2) is 0 Å². The predicted molar refractivity (Wildman–Crippen MR) is 104 cm³/mol. The zero-order valence-electron chi connectivity index (χ0n) is 14.8. The Morgan fingerprint density at radius 1 is 1.32 bits per heavy atom. The van der Waals surface area contributed by atoms with Crippen LogP contribution >= 0.6 is 11.8 Å². The molecule has 0 atom stereocenters. The maximum Gasteiger partial charge on any atom is 0.264 e. The SMILES string of the molecule is CCOc1ccnc2ccc(/C=C3\SC(=NC(C)(C)C)NC3=O)cc12. The van der Waals surface area contributed by atoms with E-state index in [0.717, 1.165) is 22.2 Å². The second kappa shape index (κ2) is 6.88. The van der Waals surface area contributed by atoms with E-state index < -0.39 is 0 Å². The van der Waals surface area contributed by atoms with E-state index in [9.17, 15) is 4.79 Å². The number of amidine groups is 1. The van der Waals surface area contributed by atoms with Crippen molar-refractivity contribution in [3.8, 4) is 5.75 Å². The first-order valence-corrected chi connectivity index (χ1v) is 9.00. The van der Waals surface area contributed by atoms with Crippen molar-refractivity contribution in [3.63, 3.8) is 0 Å². The van der Waals surface area contributed by atoms with Crippen LogP contribution in [0.5, 0.6) is 5.75 Å². The normalized spacial score (nSPS) is 18.2. The second-order valence-electron chi connectivity index (χ2n) is 6.67. The van der Waals surface area contributed by atoms with Crippen LogP contribution in [-0.2, 0) is 4.79 Å². The highest BCUT2D eigenvalue weighted by Gasteiger charge is 2.25. The Kier molecular flexibility index (Phi) is 4.81. The van der Waals surface area contributed by atoms with Gasteiger partial charge in [-0.15, -0.1) is 0 Å². The minimum Gasteiger partial charge on any atom is -0.493 e. The molecule has 0 saturated carbocycles. The third kappa shape index (κ3) is 4.20. The summed E-state index contributed by atoms with van der Waals surface area (Å²) in [5, 5.41) is 4.39. The molecule has 0 spiro atoms. The van der Waals surface area contributed by atoms with Crippen LogP contribution in [0.4, 0.5) is 0 Å². The van der Waals surface area contributed by atoms with E-state index in [4.69, 9.17) is 4.74 Å². The first-order chi connectivity index (χ1) is 11.9. The van der Waals surface area contributed by atoms with Gasteiger partial charge in [-0.2, -0.15) is 0 Å². The number of rotatable bonds is 3. The molecule has 1 aliphatic rings. The predicted octanol–water partition coefficient (Wildman–Crippen LogP) is 3.99. The van der Waals surface area contributed by atoms with Crippen LogP contribution in [-0.4, -0.2) is 28.2 Å². The van der Waals surface area contributed by atoms with Crippen molar-refractivity contribution in [2.45, 2.75) is 33.2 Å². The number of ether oxygens (including phenoxy) is 1. The zero-order chi connectivity index (χ0) is 18.0. The quantitative estimate of drug-likeness (QED) is 0.846. The average Bonchev–Trinajstić information content (AvgIpc) is 2.85. The van der Waals surface area contributed by atoms with E-state index in [1.165, 1.54) is 11.8 Å². The van der Waals surface area contributed by atoms with Gasteiger partial charge in [0, 0.05) is 11.6 Å². The number of nitrogens with zero attached hydrogens (tertiary/aromatic N) is 2. The number of benzene rings is 1. The molecule has 1 saturated heterocycles. The number of nitrogens with one attached hydrogen (secondary N) is 1. The number of carbonyl (C=O) groups is 1. The van der Waals surface area contributed by atoms with Crippen molar-refractivity contribution in [1.29, 1.82) is 0 Å². The number of thioether (sulfide) groups is 1. The van der Waals surface area contributed by atoms with Gasteiger partial charge in [0.1, 0.15) is 5.75 Å². The molecule has 130 valence electrons. The van der Waals surface area contributed by atoms with Gasteiger partial charge in [-0.1, -0.05) is 6.07 Å². The van der Waals surface area contributed by atoms with Crippen molar-refractivity contribution in [2.75, 3.05) is 6.61 Å². The van der Waals surface area contributed by atoms with Crippen LogP contribution in [0.15, 0.2) is 40.4 Å². The third-order valence-corrected chi connectivity index (χ3v) is 4.32. The van der Waals surface area contributed by atoms with Crippen molar-refractivity contribution in [1.82, 2.24) is 10.3 Å². The van der Waals surface area contributed by atoms with E-state index in [1.54, 1.807) is 6.20 Å². The van der Waals surface area contributed by atoms with Crippen LogP contribution in [0, 0.1) is 0 Å². The molecule has 3 rings (SSSR count). The molecule has 1 aromatic heterocycles. The number of hydrogen-bond donors (Lipinski definition) is 1. The summed E-state index contributed by atoms with van der Waals surface area (Å²) in [4.78, 5) is 21.7. The van der Waals surface area contributed by atoms with Gasteiger partial charge in [0.15, 0.2) is 5.17 Å². The Balaban J connectivity index is 1.94. The van der Waals surface area contributed by atoms with Crippen LogP contribution in [0.3, 0.4) is 0 Å². The summed E-state index contributed by atoms with van der Waals surface area (Å²) in [5.41, 5.74) is 1.56. The molecule has 1 N–H and O–H groups in total. The zero-order valence-corrected chi connectivity index (χ0v) is 15.6. The monoisotopic (exact) mass is 355 g/mol. The van der Waals surface area contributed by atoms with Gasteiger partial charge in [-0.05, 0) is 69.3 Å². The number of carbonyl (C=O) groups excluding carboxylic acids is 1. The summed E-state index contributed by atoms with van der Waals surface area (Å²) < 4.78 is 5.67. The van der Waals surface area contributed by atoms with Crippen LogP contribution in [0.25, 0.3) is 17.0 Å². The summed E-state index contributed by atoms with van der Waals surface area (Å²) in [6, 6.07) is 7.73. The number of pyridine rings is 1. The molecule has 1 aromatic carbocycles. The first-order valence-electron chi connectivity index (χ1n) is 8.18. The van der Waals surface area contributed by atoms with Gasteiger partial charge in [0.2, 0.25) is 0 Å². The first kappa shape index (κ1) is 17.5. The minimum atomic E-state index is -0.230. The fourth-order valence-electron chi connectivity index (χ4n) is 2.45. The van der Waals surface area contributed by atoms with E-state index >= 15 is 0 Å². The van der Waals surface area contributed by atoms with Gasteiger partial charge in [-0.3, -0.25) is 14.8 Å². The number of amides is 1. The number of fused-ring (bicyclic) bond motifs is 1. The van der Waals surface area contributed by atoms with Crippen molar-refractivity contribution in [3.05, 3.63) is 40.9 Å². The lowest BCUT2D eigenvalue weighted by atomic mass is 10.1. The molecule has 0 unspecified atom stereocenters. The number of aliphatic imine (C=N–C) groups is 1. The highest BCUT2D eigenvalue weighted by atomic mass is 32.2. The lowest BCUT2D eigenvalue weighted by Gasteiger charge is -2.12. The Morgan fingerprint density at radius 2 is 2.12 bits per heavy atom. The molecule has 0 radical (unpaired) electrons. The molecule has 6 heteroatoms. The Hall–Kier alpha value is -2.34. The topological polar surface area (TPSA) is 63.6 Å². The van der Waals surface area contributed by atoms with Crippen molar-refractivity contribution < 1.29 is 9.53 Å². The molecule has 0 aliphatic carbocycles. The number of aromatic nitrogens is 1. The van der Waals surface area contributed by atoms with Crippen LogP contribution in [0.1, 0.15) is 33.3 Å². The molecular weight excluding hydrogens is 334 g/mol. The fourth-order valence-corrected chi connectivity index (χ4v) is 3.46. The van der Waals surface area contributed by atoms with Gasteiger partial charge in [0.25, 0.3) is 5.91 Å². The van der Waals surface area contributed by atoms with Crippen LogP contribution < -0.4 is 10.1 Å². The summed E-state index contributed by atoms with van der Waals surface area (Å²) >= 11 is 1.36. The Bertz CT molecular complexity index is 882. The fraction of sp³-hybridized carbons (Fsp3) is 0.316. The average molecular weight is 355 g/mol. The minimum absolute atomic E-state index is 0.121. The summed E-state index contributed by atoms with van der Waals surface area (Å²) in [7, 11) is 0. The molecular formula is C19H21N3O2S. The Labute approximate surface area is 151 Å². The van der Waals surface area contributed by atoms with E-state index in [2.05, 4.69) is 15.3 Å². The Morgan fingerprint density at radius 3 is 2.84 bits per heavy atom. The molecule has 2 aromatic rings. The third-order valence-electron chi connectivity index (χ3n) is 3.41. The largest absolute Gasteiger partial charge is 0.493 e. The smallest absolute Gasteiger partial charge is 0.264 e.